The van der Waals surface area contributed by atoms with Crippen molar-refractivity contribution in [3.05, 3.63) is 116 Å². The Labute approximate surface area is 194 Å². The van der Waals surface area contributed by atoms with Crippen LogP contribution in [0.3, 0.4) is 0 Å². The second-order valence-electron chi connectivity index (χ2n) is 7.33. The minimum absolute atomic E-state index is 0.628. The monoisotopic (exact) mass is 436 g/mol. The van der Waals surface area contributed by atoms with Crippen molar-refractivity contribution in [3.63, 3.8) is 0 Å². The summed E-state index contributed by atoms with van der Waals surface area (Å²) in [5, 5.41) is 2.22. The van der Waals surface area contributed by atoms with E-state index < -0.39 is 0 Å². The van der Waals surface area contributed by atoms with Gasteiger partial charge >= 0.3 is 0 Å². The highest BCUT2D eigenvalue weighted by Gasteiger charge is 2.08. The largest absolute Gasteiger partial charge is 0.457 e. The van der Waals surface area contributed by atoms with Gasteiger partial charge in [0, 0.05) is 10.9 Å². The summed E-state index contributed by atoms with van der Waals surface area (Å²) in [5.41, 5.74) is 22.1. The Bertz CT molecular complexity index is 1310. The van der Waals surface area contributed by atoms with Crippen molar-refractivity contribution in [3.8, 4) is 17.0 Å². The molecule has 4 aromatic rings. The lowest BCUT2D eigenvalue weighted by atomic mass is 10.0. The molecule has 0 bridgehead atoms. The molecule has 33 heavy (non-hydrogen) atoms. The van der Waals surface area contributed by atoms with Crippen molar-refractivity contribution < 1.29 is 4.74 Å². The highest BCUT2D eigenvalue weighted by Crippen LogP contribution is 2.30. The van der Waals surface area contributed by atoms with Crippen LogP contribution in [0.15, 0.2) is 110 Å². The number of aryl methyl sites for hydroxylation is 1. The molecular weight excluding hydrogens is 408 g/mol. The molecule has 166 valence electrons. The standard InChI is InChI=1S/C17H16N2O.C11H12N2/c1-3-7-14(4-2)20-17-9-6-5-8-15(17)16-11-10-13(18)12-19-16;1-7-6-10(12)11(13)9-5-3-2-4-8(7)9/h3-12H,1-2,18H2;2-6H,12-13H2,1H3/b14-7+;. The van der Waals surface area contributed by atoms with Crippen LogP contribution in [0.5, 0.6) is 5.75 Å². The normalized spacial score (nSPS) is 10.8. The third kappa shape index (κ3) is 5.60. The zero-order chi connectivity index (χ0) is 23.8. The van der Waals surface area contributed by atoms with Gasteiger partial charge in [0.25, 0.3) is 0 Å². The Kier molecular flexibility index (Phi) is 7.50. The van der Waals surface area contributed by atoms with Crippen LogP contribution < -0.4 is 21.9 Å². The predicted octanol–water partition coefficient (Wildman–Crippen LogP) is 6.28. The predicted molar refractivity (Wildman–Crippen MR) is 141 cm³/mol. The molecule has 5 nitrogen and oxygen atoms in total. The number of allylic oxidation sites excluding steroid dienone is 3. The summed E-state index contributed by atoms with van der Waals surface area (Å²) >= 11 is 0. The average Bonchev–Trinajstić information content (AvgIpc) is 2.84. The minimum atomic E-state index is 0.628. The number of benzene rings is 3. The minimum Gasteiger partial charge on any atom is -0.457 e. The van der Waals surface area contributed by atoms with E-state index in [-0.39, 0.29) is 0 Å². The van der Waals surface area contributed by atoms with Gasteiger partial charge in [-0.15, -0.1) is 0 Å². The maximum Gasteiger partial charge on any atom is 0.136 e. The van der Waals surface area contributed by atoms with Crippen LogP contribution >= 0.6 is 0 Å². The van der Waals surface area contributed by atoms with E-state index in [0.29, 0.717) is 28.6 Å². The van der Waals surface area contributed by atoms with Gasteiger partial charge in [-0.05, 0) is 60.4 Å². The van der Waals surface area contributed by atoms with E-state index >= 15 is 0 Å². The van der Waals surface area contributed by atoms with Crippen molar-refractivity contribution in [2.75, 3.05) is 17.2 Å². The van der Waals surface area contributed by atoms with Gasteiger partial charge in [0.05, 0.1) is 29.0 Å². The molecule has 0 unspecified atom stereocenters. The summed E-state index contributed by atoms with van der Waals surface area (Å²) in [6, 6.07) is 21.3. The van der Waals surface area contributed by atoms with Gasteiger partial charge in [0.15, 0.2) is 0 Å². The molecule has 0 aliphatic carbocycles. The van der Waals surface area contributed by atoms with Crippen molar-refractivity contribution in [1.82, 2.24) is 4.98 Å². The van der Waals surface area contributed by atoms with Gasteiger partial charge in [-0.2, -0.15) is 0 Å². The molecule has 4 rings (SSSR count). The van der Waals surface area contributed by atoms with Gasteiger partial charge in [-0.25, -0.2) is 0 Å². The van der Waals surface area contributed by atoms with E-state index in [1.807, 2.05) is 67.6 Å². The molecule has 0 fully saturated rings. The number of nitrogens with zero attached hydrogens (tertiary/aromatic N) is 1. The fraction of sp³-hybridized carbons (Fsp3) is 0.0357. The quantitative estimate of drug-likeness (QED) is 0.194. The number of pyridine rings is 1. The number of nitrogen functional groups attached to an aromatic ring is 3. The van der Waals surface area contributed by atoms with Gasteiger partial charge in [-0.3, -0.25) is 4.98 Å². The molecule has 0 saturated heterocycles. The van der Waals surface area contributed by atoms with E-state index in [2.05, 4.69) is 24.2 Å². The Hall–Kier alpha value is -4.51. The molecule has 1 aromatic heterocycles. The van der Waals surface area contributed by atoms with Crippen molar-refractivity contribution in [2.24, 2.45) is 0 Å². The summed E-state index contributed by atoms with van der Waals surface area (Å²) in [7, 11) is 0. The van der Waals surface area contributed by atoms with Gasteiger partial charge in [0.1, 0.15) is 11.5 Å². The van der Waals surface area contributed by atoms with Crippen LogP contribution in [0, 0.1) is 6.92 Å². The van der Waals surface area contributed by atoms with Crippen molar-refractivity contribution in [1.29, 1.82) is 0 Å². The SMILES string of the molecule is C=C/C=C(\C=C)Oc1ccccc1-c1ccc(N)cn1.Cc1cc(N)c(N)c2ccccc12. The number of aromatic nitrogens is 1. The summed E-state index contributed by atoms with van der Waals surface area (Å²) in [4.78, 5) is 4.32. The van der Waals surface area contributed by atoms with Crippen molar-refractivity contribution >= 4 is 27.8 Å². The number of anilines is 3. The first kappa shape index (κ1) is 23.2. The van der Waals surface area contributed by atoms with Crippen LogP contribution in [-0.2, 0) is 0 Å². The van der Waals surface area contributed by atoms with Crippen LogP contribution in [0.1, 0.15) is 5.56 Å². The van der Waals surface area contributed by atoms with E-state index in [4.69, 9.17) is 21.9 Å². The number of hydrogen-bond donors (Lipinski definition) is 3. The Morgan fingerprint density at radius 3 is 2.27 bits per heavy atom. The Balaban J connectivity index is 0.000000203. The van der Waals surface area contributed by atoms with Gasteiger partial charge in [-0.1, -0.05) is 55.6 Å². The molecule has 0 spiro atoms. The molecule has 0 atom stereocenters. The number of para-hydroxylation sites is 1. The Morgan fingerprint density at radius 2 is 1.61 bits per heavy atom. The molecule has 1 heterocycles. The summed E-state index contributed by atoms with van der Waals surface area (Å²) < 4.78 is 5.82. The second-order valence-corrected chi connectivity index (χ2v) is 7.33. The van der Waals surface area contributed by atoms with E-state index in [1.54, 1.807) is 24.4 Å². The van der Waals surface area contributed by atoms with E-state index in [0.717, 1.165) is 16.6 Å². The number of hydrogen-bond acceptors (Lipinski definition) is 5. The fourth-order valence-corrected chi connectivity index (χ4v) is 3.32. The zero-order valence-electron chi connectivity index (χ0n) is 18.7. The van der Waals surface area contributed by atoms with E-state index in [1.165, 1.54) is 10.9 Å². The summed E-state index contributed by atoms with van der Waals surface area (Å²) in [6.45, 7) is 9.41. The fourth-order valence-electron chi connectivity index (χ4n) is 3.32. The number of nitrogens with two attached hydrogens (primary N) is 3. The smallest absolute Gasteiger partial charge is 0.136 e. The average molecular weight is 437 g/mol. The Morgan fingerprint density at radius 1 is 0.909 bits per heavy atom. The number of ether oxygens (including phenoxy) is 1. The molecule has 3 aromatic carbocycles. The van der Waals surface area contributed by atoms with Gasteiger partial charge in [0.2, 0.25) is 0 Å². The first-order valence-corrected chi connectivity index (χ1v) is 10.4. The number of fused-ring (bicyclic) bond motifs is 1. The maximum absolute atomic E-state index is 5.86. The molecule has 0 amide bonds. The third-order valence-electron chi connectivity index (χ3n) is 4.99. The van der Waals surface area contributed by atoms with Crippen LogP contribution in [0.25, 0.3) is 22.0 Å². The van der Waals surface area contributed by atoms with Crippen LogP contribution in [0.2, 0.25) is 0 Å². The summed E-state index contributed by atoms with van der Waals surface area (Å²) in [6.07, 6.45) is 6.66. The zero-order valence-corrected chi connectivity index (χ0v) is 18.7. The first-order valence-electron chi connectivity index (χ1n) is 10.4. The molecule has 6 N–H and O–H groups in total. The topological polar surface area (TPSA) is 100 Å². The maximum atomic E-state index is 5.86. The molecular formula is C28H28N4O. The highest BCUT2D eigenvalue weighted by molar-refractivity contribution is 6.00. The summed E-state index contributed by atoms with van der Waals surface area (Å²) in [5.74, 6) is 1.33. The second kappa shape index (κ2) is 10.7. The van der Waals surface area contributed by atoms with E-state index in [9.17, 15) is 0 Å². The van der Waals surface area contributed by atoms with Crippen LogP contribution in [-0.4, -0.2) is 4.98 Å². The molecule has 5 heteroatoms. The highest BCUT2D eigenvalue weighted by atomic mass is 16.5. The lowest BCUT2D eigenvalue weighted by Gasteiger charge is -2.11. The molecule has 0 saturated carbocycles. The lowest BCUT2D eigenvalue weighted by Crippen LogP contribution is -1.96. The molecule has 0 radical (unpaired) electrons. The van der Waals surface area contributed by atoms with Gasteiger partial charge < -0.3 is 21.9 Å². The molecule has 0 aliphatic rings. The lowest BCUT2D eigenvalue weighted by molar-refractivity contribution is 0.446. The first-order chi connectivity index (χ1) is 15.9. The van der Waals surface area contributed by atoms with Crippen LogP contribution in [0.4, 0.5) is 17.1 Å². The van der Waals surface area contributed by atoms with Crippen molar-refractivity contribution in [2.45, 2.75) is 6.92 Å². The third-order valence-corrected chi connectivity index (χ3v) is 4.99. The number of rotatable bonds is 5. The molecule has 0 aliphatic heterocycles.